The summed E-state index contributed by atoms with van der Waals surface area (Å²) in [6.07, 6.45) is 2.44. The zero-order valence-corrected chi connectivity index (χ0v) is 13.4. The second-order valence-electron chi connectivity index (χ2n) is 5.90. The Morgan fingerprint density at radius 1 is 1.39 bits per heavy atom. The number of nitrogens with two attached hydrogens (primary N) is 1. The summed E-state index contributed by atoms with van der Waals surface area (Å²) in [5.41, 5.74) is 6.72. The Morgan fingerprint density at radius 2 is 2.13 bits per heavy atom. The number of amides is 1. The van der Waals surface area contributed by atoms with Gasteiger partial charge < -0.3 is 15.5 Å². The molecule has 0 aliphatic rings. The van der Waals surface area contributed by atoms with Gasteiger partial charge in [0.2, 0.25) is 5.89 Å². The number of hydrogen-bond donors (Lipinski definition) is 2. The molecule has 3 N–H and O–H groups in total. The molecule has 6 heteroatoms. The van der Waals surface area contributed by atoms with Crippen LogP contribution in [0.2, 0.25) is 0 Å². The fraction of sp³-hybridized carbons (Fsp3) is 0.412. The van der Waals surface area contributed by atoms with E-state index in [9.17, 15) is 9.18 Å². The highest BCUT2D eigenvalue weighted by molar-refractivity contribution is 5.91. The van der Waals surface area contributed by atoms with Crippen LogP contribution in [0.15, 0.2) is 34.9 Å². The first-order valence-electron chi connectivity index (χ1n) is 7.70. The fourth-order valence-electron chi connectivity index (χ4n) is 2.27. The first kappa shape index (κ1) is 17.1. The largest absolute Gasteiger partial charge is 0.446 e. The summed E-state index contributed by atoms with van der Waals surface area (Å²) in [5.74, 6) is 0.145. The fourth-order valence-corrected chi connectivity index (χ4v) is 2.27. The van der Waals surface area contributed by atoms with Gasteiger partial charge in [-0.1, -0.05) is 32.0 Å². The van der Waals surface area contributed by atoms with Crippen molar-refractivity contribution in [3.63, 3.8) is 0 Å². The zero-order chi connectivity index (χ0) is 16.8. The molecule has 1 unspecified atom stereocenters. The molecule has 0 bridgehead atoms. The third-order valence-corrected chi connectivity index (χ3v) is 3.43. The standard InChI is InChI=1S/C17H22FN3O2/c1-11(2)9-14(19)17-21-15(10-23-17)16(22)20-8-7-12-5-3-4-6-13(12)18/h3-6,10-11,14H,7-9,19H2,1-2H3,(H,20,22). The molecule has 5 nitrogen and oxygen atoms in total. The Hall–Kier alpha value is -2.21. The molecule has 0 fully saturated rings. The predicted molar refractivity (Wildman–Crippen MR) is 85.3 cm³/mol. The maximum absolute atomic E-state index is 13.5. The number of rotatable bonds is 7. The van der Waals surface area contributed by atoms with Gasteiger partial charge in [-0.15, -0.1) is 0 Å². The Labute approximate surface area is 135 Å². The van der Waals surface area contributed by atoms with Crippen LogP contribution in [0.25, 0.3) is 0 Å². The molecule has 1 amide bonds. The average Bonchev–Trinajstić information content (AvgIpc) is 2.98. The number of carbonyl (C=O) groups excluding carboxylic acids is 1. The number of oxazole rings is 1. The van der Waals surface area contributed by atoms with Gasteiger partial charge in [0, 0.05) is 6.54 Å². The summed E-state index contributed by atoms with van der Waals surface area (Å²) in [4.78, 5) is 16.1. The smallest absolute Gasteiger partial charge is 0.273 e. The number of nitrogens with one attached hydrogen (secondary N) is 1. The van der Waals surface area contributed by atoms with Crippen LogP contribution in [0.5, 0.6) is 0 Å². The maximum atomic E-state index is 13.5. The van der Waals surface area contributed by atoms with E-state index in [1.54, 1.807) is 18.2 Å². The summed E-state index contributed by atoms with van der Waals surface area (Å²) in [6, 6.07) is 6.17. The maximum Gasteiger partial charge on any atom is 0.273 e. The molecular weight excluding hydrogens is 297 g/mol. The van der Waals surface area contributed by atoms with Crippen LogP contribution >= 0.6 is 0 Å². The van der Waals surface area contributed by atoms with Crippen molar-refractivity contribution in [2.24, 2.45) is 11.7 Å². The molecular formula is C17H22FN3O2. The Morgan fingerprint density at radius 3 is 2.83 bits per heavy atom. The normalized spacial score (nSPS) is 12.4. The van der Waals surface area contributed by atoms with Gasteiger partial charge in [0.1, 0.15) is 12.1 Å². The van der Waals surface area contributed by atoms with E-state index in [4.69, 9.17) is 10.2 Å². The van der Waals surface area contributed by atoms with Crippen LogP contribution < -0.4 is 11.1 Å². The molecule has 0 saturated heterocycles. The third kappa shape index (κ3) is 4.89. The first-order chi connectivity index (χ1) is 11.0. The van der Waals surface area contributed by atoms with Crippen molar-refractivity contribution in [3.05, 3.63) is 53.5 Å². The highest BCUT2D eigenvalue weighted by atomic mass is 19.1. The average molecular weight is 319 g/mol. The number of benzene rings is 1. The molecule has 1 aromatic carbocycles. The second-order valence-corrected chi connectivity index (χ2v) is 5.90. The number of aromatic nitrogens is 1. The highest BCUT2D eigenvalue weighted by Crippen LogP contribution is 2.18. The SMILES string of the molecule is CC(C)CC(N)c1nc(C(=O)NCCc2ccccc2F)co1. The Bertz CT molecular complexity index is 655. The quantitative estimate of drug-likeness (QED) is 0.822. The first-order valence-corrected chi connectivity index (χ1v) is 7.70. The van der Waals surface area contributed by atoms with Crippen molar-refractivity contribution >= 4 is 5.91 Å². The molecule has 0 spiro atoms. The lowest BCUT2D eigenvalue weighted by Gasteiger charge is -2.09. The summed E-state index contributed by atoms with van der Waals surface area (Å²) >= 11 is 0. The van der Waals surface area contributed by atoms with E-state index < -0.39 is 0 Å². The van der Waals surface area contributed by atoms with Crippen LogP contribution in [0, 0.1) is 11.7 Å². The van der Waals surface area contributed by atoms with Gasteiger partial charge in [0.05, 0.1) is 6.04 Å². The van der Waals surface area contributed by atoms with E-state index in [1.165, 1.54) is 12.3 Å². The van der Waals surface area contributed by atoms with Gasteiger partial charge in [-0.3, -0.25) is 4.79 Å². The van der Waals surface area contributed by atoms with E-state index in [2.05, 4.69) is 24.1 Å². The van der Waals surface area contributed by atoms with E-state index in [-0.39, 0.29) is 23.5 Å². The van der Waals surface area contributed by atoms with Gasteiger partial charge in [-0.2, -0.15) is 0 Å². The minimum atomic E-state index is -0.354. The monoisotopic (exact) mass is 319 g/mol. The van der Waals surface area contributed by atoms with Crippen molar-refractivity contribution in [1.29, 1.82) is 0 Å². The van der Waals surface area contributed by atoms with E-state index in [1.807, 2.05) is 0 Å². The topological polar surface area (TPSA) is 81.1 Å². The molecule has 0 aliphatic carbocycles. The van der Waals surface area contributed by atoms with Gasteiger partial charge in [0.15, 0.2) is 5.69 Å². The van der Waals surface area contributed by atoms with Crippen molar-refractivity contribution in [2.45, 2.75) is 32.7 Å². The Kier molecular flexibility index (Phi) is 5.87. The summed E-state index contributed by atoms with van der Waals surface area (Å²) in [6.45, 7) is 4.43. The molecule has 0 radical (unpaired) electrons. The lowest BCUT2D eigenvalue weighted by Crippen LogP contribution is -2.26. The third-order valence-electron chi connectivity index (χ3n) is 3.43. The number of halogens is 1. The van der Waals surface area contributed by atoms with Crippen molar-refractivity contribution in [2.75, 3.05) is 6.54 Å². The van der Waals surface area contributed by atoms with Gasteiger partial charge in [-0.05, 0) is 30.4 Å². The molecule has 124 valence electrons. The number of hydrogen-bond acceptors (Lipinski definition) is 4. The molecule has 1 aromatic heterocycles. The predicted octanol–water partition coefficient (Wildman–Crippen LogP) is 2.83. The Balaban J connectivity index is 1.87. The second kappa shape index (κ2) is 7.87. The van der Waals surface area contributed by atoms with Crippen molar-refractivity contribution in [3.8, 4) is 0 Å². The van der Waals surface area contributed by atoms with Crippen LogP contribution in [-0.4, -0.2) is 17.4 Å². The van der Waals surface area contributed by atoms with Crippen LogP contribution in [0.3, 0.4) is 0 Å². The molecule has 2 aromatic rings. The lowest BCUT2D eigenvalue weighted by molar-refractivity contribution is 0.0949. The summed E-state index contributed by atoms with van der Waals surface area (Å²) < 4.78 is 18.8. The van der Waals surface area contributed by atoms with Gasteiger partial charge in [-0.25, -0.2) is 9.37 Å². The number of carbonyl (C=O) groups is 1. The molecule has 23 heavy (non-hydrogen) atoms. The molecule has 0 aliphatic heterocycles. The summed E-state index contributed by atoms with van der Waals surface area (Å²) in [5, 5.41) is 2.70. The molecule has 1 atom stereocenters. The van der Waals surface area contributed by atoms with E-state index in [0.29, 0.717) is 30.3 Å². The van der Waals surface area contributed by atoms with E-state index in [0.717, 1.165) is 6.42 Å². The van der Waals surface area contributed by atoms with Gasteiger partial charge in [0.25, 0.3) is 5.91 Å². The van der Waals surface area contributed by atoms with Crippen molar-refractivity contribution in [1.82, 2.24) is 10.3 Å². The van der Waals surface area contributed by atoms with Crippen LogP contribution in [0.4, 0.5) is 4.39 Å². The van der Waals surface area contributed by atoms with E-state index >= 15 is 0 Å². The minimum absolute atomic E-state index is 0.188. The van der Waals surface area contributed by atoms with Crippen molar-refractivity contribution < 1.29 is 13.6 Å². The van der Waals surface area contributed by atoms with Crippen LogP contribution in [-0.2, 0) is 6.42 Å². The number of nitrogens with zero attached hydrogens (tertiary/aromatic N) is 1. The minimum Gasteiger partial charge on any atom is -0.446 e. The molecule has 0 saturated carbocycles. The summed E-state index contributed by atoms with van der Waals surface area (Å²) in [7, 11) is 0. The highest BCUT2D eigenvalue weighted by Gasteiger charge is 2.17. The van der Waals surface area contributed by atoms with Gasteiger partial charge >= 0.3 is 0 Å². The lowest BCUT2D eigenvalue weighted by atomic mass is 10.0. The zero-order valence-electron chi connectivity index (χ0n) is 13.4. The molecule has 1 heterocycles. The van der Waals surface area contributed by atoms with Crippen LogP contribution in [0.1, 0.15) is 48.3 Å². The molecule has 2 rings (SSSR count).